The van der Waals surface area contributed by atoms with Crippen molar-refractivity contribution in [2.24, 2.45) is 0 Å². The molecular weight excluding hydrogens is 306 g/mol. The summed E-state index contributed by atoms with van der Waals surface area (Å²) in [6.45, 7) is 2.30. The van der Waals surface area contributed by atoms with Gasteiger partial charge in [-0.25, -0.2) is 0 Å². The fourth-order valence-corrected chi connectivity index (χ4v) is 1.91. The number of nitrogens with one attached hydrogen (secondary N) is 1. The topological polar surface area (TPSA) is 78.8 Å². The highest BCUT2D eigenvalue weighted by Crippen LogP contribution is 2.16. The fraction of sp³-hybridized carbons (Fsp3) is 0.562. The Morgan fingerprint density at radius 2 is 1.82 bits per heavy atom. The third kappa shape index (κ3) is 9.60. The van der Waals surface area contributed by atoms with E-state index >= 15 is 0 Å². The van der Waals surface area contributed by atoms with Crippen molar-refractivity contribution >= 4 is 24.1 Å². The summed E-state index contributed by atoms with van der Waals surface area (Å²) in [5.74, 6) is -2.00. The van der Waals surface area contributed by atoms with Crippen LogP contribution in [0.2, 0.25) is 0 Å². The number of halogens is 1. The number of carbonyl (C=O) groups excluding carboxylic acids is 1. The minimum atomic E-state index is -1.65. The van der Waals surface area contributed by atoms with Crippen LogP contribution in [-0.2, 0) is 9.53 Å². The molecule has 6 heteroatoms. The highest BCUT2D eigenvalue weighted by Gasteiger charge is 2.21. The van der Waals surface area contributed by atoms with Gasteiger partial charge in [0, 0.05) is 18.5 Å². The van der Waals surface area contributed by atoms with Gasteiger partial charge in [-0.2, -0.15) is 0 Å². The van der Waals surface area contributed by atoms with E-state index in [1.165, 1.54) is 0 Å². The number of hydrogen-bond acceptors (Lipinski definition) is 5. The van der Waals surface area contributed by atoms with Crippen LogP contribution in [0.15, 0.2) is 30.3 Å². The van der Waals surface area contributed by atoms with Gasteiger partial charge >= 0.3 is 5.97 Å². The van der Waals surface area contributed by atoms with E-state index in [9.17, 15) is 15.0 Å². The number of aliphatic hydroxyl groups is 2. The Labute approximate surface area is 138 Å². The van der Waals surface area contributed by atoms with Crippen LogP contribution in [0.4, 0.5) is 5.69 Å². The molecule has 3 N–H and O–H groups in total. The molecule has 0 fully saturated rings. The Morgan fingerprint density at radius 1 is 1.18 bits per heavy atom. The molecule has 126 valence electrons. The minimum absolute atomic E-state index is 0. The molecule has 5 nitrogen and oxygen atoms in total. The summed E-state index contributed by atoms with van der Waals surface area (Å²) in [4.78, 5) is 11.5. The molecule has 0 radical (unpaired) electrons. The molecule has 0 aliphatic rings. The van der Waals surface area contributed by atoms with Crippen molar-refractivity contribution in [2.75, 3.05) is 18.5 Å². The van der Waals surface area contributed by atoms with Crippen LogP contribution < -0.4 is 5.32 Å². The predicted octanol–water partition coefficient (Wildman–Crippen LogP) is 2.71. The smallest absolute Gasteiger partial charge is 0.325 e. The molecule has 0 aliphatic heterocycles. The molecule has 0 atom stereocenters. The first-order valence-corrected chi connectivity index (χ1v) is 7.43. The lowest BCUT2D eigenvalue weighted by atomic mass is 10.0. The number of esters is 1. The van der Waals surface area contributed by atoms with Crippen LogP contribution in [-0.4, -0.2) is 35.1 Å². The molecule has 0 spiro atoms. The van der Waals surface area contributed by atoms with Gasteiger partial charge in [-0.1, -0.05) is 31.5 Å². The van der Waals surface area contributed by atoms with Crippen molar-refractivity contribution in [3.63, 3.8) is 0 Å². The normalized spacial score (nSPS) is 10.7. The minimum Gasteiger partial charge on any atom is -0.464 e. The number of benzene rings is 1. The Bertz CT molecular complexity index is 412. The first-order chi connectivity index (χ1) is 10.0. The van der Waals surface area contributed by atoms with Crippen LogP contribution in [0.5, 0.6) is 0 Å². The maximum atomic E-state index is 11.5. The summed E-state index contributed by atoms with van der Waals surface area (Å²) >= 11 is 0. The van der Waals surface area contributed by atoms with E-state index in [4.69, 9.17) is 4.74 Å². The maximum Gasteiger partial charge on any atom is 0.325 e. The highest BCUT2D eigenvalue weighted by molar-refractivity contribution is 5.85. The molecule has 0 amide bonds. The summed E-state index contributed by atoms with van der Waals surface area (Å²) in [5.41, 5.74) is 0.860. The lowest BCUT2D eigenvalue weighted by molar-refractivity contribution is -0.174. The zero-order valence-corrected chi connectivity index (χ0v) is 13.8. The largest absolute Gasteiger partial charge is 0.464 e. The summed E-state index contributed by atoms with van der Waals surface area (Å²) < 4.78 is 5.04. The monoisotopic (exact) mass is 331 g/mol. The van der Waals surface area contributed by atoms with Gasteiger partial charge in [-0.3, -0.25) is 4.79 Å². The van der Waals surface area contributed by atoms with Gasteiger partial charge in [-0.15, -0.1) is 12.4 Å². The summed E-state index contributed by atoms with van der Waals surface area (Å²) in [6.07, 6.45) is 2.70. The quantitative estimate of drug-likeness (QED) is 0.349. The molecule has 0 unspecified atom stereocenters. The second kappa shape index (κ2) is 11.3. The third-order valence-corrected chi connectivity index (χ3v) is 3.13. The van der Waals surface area contributed by atoms with Crippen LogP contribution in [0.25, 0.3) is 0 Å². The first-order valence-electron chi connectivity index (χ1n) is 7.43. The third-order valence-electron chi connectivity index (χ3n) is 3.13. The number of carbonyl (C=O) groups is 1. The molecule has 1 aromatic carbocycles. The molecular formula is C16H26ClNO4. The molecule has 0 heterocycles. The van der Waals surface area contributed by atoms with Gasteiger partial charge in [0.05, 0.1) is 6.61 Å². The second-order valence-corrected chi connectivity index (χ2v) is 5.13. The van der Waals surface area contributed by atoms with Gasteiger partial charge < -0.3 is 20.3 Å². The Kier molecular flexibility index (Phi) is 10.6. The van der Waals surface area contributed by atoms with E-state index in [1.54, 1.807) is 0 Å². The van der Waals surface area contributed by atoms with E-state index in [0.29, 0.717) is 12.8 Å². The van der Waals surface area contributed by atoms with Crippen molar-refractivity contribution in [3.8, 4) is 0 Å². The lowest BCUT2D eigenvalue weighted by Crippen LogP contribution is -2.28. The van der Waals surface area contributed by atoms with Crippen molar-refractivity contribution < 1.29 is 19.7 Å². The molecule has 0 aromatic heterocycles. The van der Waals surface area contributed by atoms with Crippen molar-refractivity contribution in [1.82, 2.24) is 0 Å². The summed E-state index contributed by atoms with van der Waals surface area (Å²) in [5, 5.41) is 22.3. The van der Waals surface area contributed by atoms with Gasteiger partial charge in [0.1, 0.15) is 6.54 Å². The zero-order chi connectivity index (χ0) is 15.6. The van der Waals surface area contributed by atoms with Crippen LogP contribution in [0, 0.1) is 0 Å². The molecule has 0 aliphatic carbocycles. The highest BCUT2D eigenvalue weighted by atomic mass is 35.5. The summed E-state index contributed by atoms with van der Waals surface area (Å²) in [6, 6.07) is 9.40. The summed E-state index contributed by atoms with van der Waals surface area (Å²) in [7, 11) is 0. The Balaban J connectivity index is 0.00000441. The second-order valence-electron chi connectivity index (χ2n) is 5.13. The number of hydrogen-bond donors (Lipinski definition) is 3. The number of ether oxygens (including phenoxy) is 1. The molecule has 1 rings (SSSR count). The molecule has 22 heavy (non-hydrogen) atoms. The predicted molar refractivity (Wildman–Crippen MR) is 89.1 cm³/mol. The SMILES string of the molecule is CCCCC(O)(O)CCCOC(=O)CNc1ccccc1.Cl. The van der Waals surface area contributed by atoms with Crippen molar-refractivity contribution in [3.05, 3.63) is 30.3 Å². The van der Waals surface area contributed by atoms with E-state index in [-0.39, 0.29) is 37.9 Å². The average molecular weight is 332 g/mol. The van der Waals surface area contributed by atoms with Gasteiger partial charge in [0.15, 0.2) is 5.79 Å². The average Bonchev–Trinajstić information content (AvgIpc) is 2.49. The van der Waals surface area contributed by atoms with Crippen LogP contribution in [0.1, 0.15) is 39.0 Å². The Morgan fingerprint density at radius 3 is 2.45 bits per heavy atom. The maximum absolute atomic E-state index is 11.5. The first kappa shape index (κ1) is 20.7. The number of unbranched alkanes of at least 4 members (excludes halogenated alkanes) is 1. The van der Waals surface area contributed by atoms with Crippen LogP contribution in [0.3, 0.4) is 0 Å². The van der Waals surface area contributed by atoms with Crippen molar-refractivity contribution in [2.45, 2.75) is 44.8 Å². The molecule has 0 saturated carbocycles. The van der Waals surface area contributed by atoms with E-state index < -0.39 is 5.79 Å². The van der Waals surface area contributed by atoms with Crippen molar-refractivity contribution in [1.29, 1.82) is 0 Å². The standard InChI is InChI=1S/C16H25NO4.ClH/c1-2-3-10-16(19,20)11-7-12-21-15(18)13-17-14-8-5-4-6-9-14;/h4-6,8-9,17,19-20H,2-3,7,10-13H2,1H3;1H. The lowest BCUT2D eigenvalue weighted by Gasteiger charge is -2.21. The number of anilines is 1. The molecule has 0 bridgehead atoms. The zero-order valence-electron chi connectivity index (χ0n) is 13.0. The van der Waals surface area contributed by atoms with E-state index in [1.807, 2.05) is 37.3 Å². The van der Waals surface area contributed by atoms with Gasteiger partial charge in [0.2, 0.25) is 0 Å². The number of rotatable bonds is 10. The molecule has 0 saturated heterocycles. The molecule has 1 aromatic rings. The van der Waals surface area contributed by atoms with Gasteiger partial charge in [-0.05, 0) is 25.0 Å². The number of para-hydroxylation sites is 1. The van der Waals surface area contributed by atoms with Crippen LogP contribution >= 0.6 is 12.4 Å². The van der Waals surface area contributed by atoms with E-state index in [2.05, 4.69) is 5.32 Å². The van der Waals surface area contributed by atoms with E-state index in [0.717, 1.165) is 18.5 Å². The Hall–Kier alpha value is -1.30. The fourth-order valence-electron chi connectivity index (χ4n) is 1.91. The van der Waals surface area contributed by atoms with Gasteiger partial charge in [0.25, 0.3) is 0 Å².